The van der Waals surface area contributed by atoms with Crippen molar-refractivity contribution in [3.63, 3.8) is 0 Å². The Balaban J connectivity index is 2.11. The number of aryl methyl sites for hydroxylation is 1. The van der Waals surface area contributed by atoms with Crippen molar-refractivity contribution in [3.8, 4) is 0 Å². The van der Waals surface area contributed by atoms with Gasteiger partial charge in [-0.15, -0.1) is 11.3 Å². The monoisotopic (exact) mass is 298 g/mol. The molecule has 0 saturated carbocycles. The molecule has 1 aliphatic heterocycles. The van der Waals surface area contributed by atoms with E-state index in [0.29, 0.717) is 25.9 Å². The number of aromatic nitrogens is 1. The molecule has 1 aliphatic rings. The summed E-state index contributed by atoms with van der Waals surface area (Å²) in [6.07, 6.45) is 2.24. The van der Waals surface area contributed by atoms with Crippen molar-refractivity contribution in [1.29, 1.82) is 0 Å². The Morgan fingerprint density at radius 2 is 2.20 bits per heavy atom. The van der Waals surface area contributed by atoms with Gasteiger partial charge in [-0.2, -0.15) is 0 Å². The molecule has 2 rings (SSSR count). The highest BCUT2D eigenvalue weighted by molar-refractivity contribution is 7.11. The Morgan fingerprint density at radius 3 is 2.80 bits per heavy atom. The third-order valence-electron chi connectivity index (χ3n) is 3.47. The Kier molecular flexibility index (Phi) is 4.72. The number of aliphatic carboxylic acids is 1. The highest BCUT2D eigenvalue weighted by atomic mass is 32.1. The van der Waals surface area contributed by atoms with E-state index in [-0.39, 0.29) is 11.6 Å². The molecular formula is C13H18N2O4S. The molecule has 110 valence electrons. The van der Waals surface area contributed by atoms with E-state index in [9.17, 15) is 14.7 Å². The summed E-state index contributed by atoms with van der Waals surface area (Å²) >= 11 is 1.41. The Labute approximate surface area is 121 Å². The molecule has 7 heteroatoms. The van der Waals surface area contributed by atoms with Crippen molar-refractivity contribution in [2.75, 3.05) is 13.1 Å². The fourth-order valence-corrected chi connectivity index (χ4v) is 3.47. The third kappa shape index (κ3) is 3.34. The van der Waals surface area contributed by atoms with Gasteiger partial charge in [-0.1, -0.05) is 6.92 Å². The van der Waals surface area contributed by atoms with E-state index in [2.05, 4.69) is 4.98 Å². The first-order valence-corrected chi connectivity index (χ1v) is 7.50. The molecule has 2 heterocycles. The van der Waals surface area contributed by atoms with Gasteiger partial charge in [-0.3, -0.25) is 9.69 Å². The fourth-order valence-electron chi connectivity index (χ4n) is 2.43. The van der Waals surface area contributed by atoms with Crippen LogP contribution in [0, 0.1) is 5.92 Å². The van der Waals surface area contributed by atoms with Crippen LogP contribution in [0.4, 0.5) is 0 Å². The lowest BCUT2D eigenvalue weighted by Crippen LogP contribution is -2.38. The summed E-state index contributed by atoms with van der Waals surface area (Å²) in [5, 5.41) is 19.1. The first-order valence-electron chi connectivity index (χ1n) is 6.68. The molecule has 0 aliphatic carbocycles. The molecule has 2 N–H and O–H groups in total. The zero-order valence-corrected chi connectivity index (χ0v) is 12.2. The van der Waals surface area contributed by atoms with Crippen LogP contribution in [-0.4, -0.2) is 45.1 Å². The van der Waals surface area contributed by atoms with Gasteiger partial charge in [0.15, 0.2) is 5.69 Å². The topological polar surface area (TPSA) is 90.7 Å². The Morgan fingerprint density at radius 1 is 1.45 bits per heavy atom. The normalized spacial score (nSPS) is 19.9. The second-order valence-electron chi connectivity index (χ2n) is 4.95. The molecule has 0 aromatic carbocycles. The van der Waals surface area contributed by atoms with Crippen molar-refractivity contribution in [3.05, 3.63) is 15.6 Å². The minimum atomic E-state index is -1.01. The molecule has 6 nitrogen and oxygen atoms in total. The molecule has 0 amide bonds. The number of likely N-dealkylation sites (tertiary alicyclic amines) is 1. The van der Waals surface area contributed by atoms with E-state index >= 15 is 0 Å². The van der Waals surface area contributed by atoms with Crippen LogP contribution in [0.1, 0.15) is 40.1 Å². The van der Waals surface area contributed by atoms with Gasteiger partial charge in [0.25, 0.3) is 0 Å². The largest absolute Gasteiger partial charge is 0.481 e. The van der Waals surface area contributed by atoms with Crippen LogP contribution in [0.2, 0.25) is 0 Å². The molecule has 1 fully saturated rings. The molecule has 0 radical (unpaired) electrons. The summed E-state index contributed by atoms with van der Waals surface area (Å²) in [7, 11) is 0. The smallest absolute Gasteiger partial charge is 0.355 e. The van der Waals surface area contributed by atoms with E-state index in [1.807, 2.05) is 11.8 Å². The van der Waals surface area contributed by atoms with Crippen molar-refractivity contribution < 1.29 is 19.8 Å². The number of aromatic carboxylic acids is 1. The molecule has 20 heavy (non-hydrogen) atoms. The number of piperidine rings is 1. The molecule has 1 aromatic rings. The van der Waals surface area contributed by atoms with Gasteiger partial charge in [0, 0.05) is 13.1 Å². The van der Waals surface area contributed by atoms with Crippen molar-refractivity contribution in [2.45, 2.75) is 32.7 Å². The van der Waals surface area contributed by atoms with Crippen molar-refractivity contribution in [1.82, 2.24) is 9.88 Å². The third-order valence-corrected chi connectivity index (χ3v) is 4.65. The van der Waals surface area contributed by atoms with Gasteiger partial charge >= 0.3 is 11.9 Å². The lowest BCUT2D eigenvalue weighted by atomic mass is 9.98. The molecular weight excluding hydrogens is 280 g/mol. The van der Waals surface area contributed by atoms with Gasteiger partial charge < -0.3 is 10.2 Å². The van der Waals surface area contributed by atoms with Gasteiger partial charge in [-0.25, -0.2) is 9.78 Å². The van der Waals surface area contributed by atoms with E-state index in [1.165, 1.54) is 11.3 Å². The van der Waals surface area contributed by atoms with Crippen LogP contribution in [0.25, 0.3) is 0 Å². The first kappa shape index (κ1) is 14.9. The summed E-state index contributed by atoms with van der Waals surface area (Å²) in [4.78, 5) is 29.1. The van der Waals surface area contributed by atoms with E-state index in [0.717, 1.165) is 22.9 Å². The summed E-state index contributed by atoms with van der Waals surface area (Å²) in [6.45, 7) is 3.70. The summed E-state index contributed by atoms with van der Waals surface area (Å²) < 4.78 is 0. The number of rotatable bonds is 5. The average molecular weight is 298 g/mol. The first-order chi connectivity index (χ1) is 9.51. The van der Waals surface area contributed by atoms with Crippen LogP contribution >= 0.6 is 11.3 Å². The molecule has 1 unspecified atom stereocenters. The summed E-state index contributed by atoms with van der Waals surface area (Å²) in [6, 6.07) is 0. The predicted octanol–water partition coefficient (Wildman–Crippen LogP) is 1.70. The molecule has 1 aromatic heterocycles. The number of hydrogen-bond acceptors (Lipinski definition) is 5. The van der Waals surface area contributed by atoms with Crippen LogP contribution in [0.15, 0.2) is 0 Å². The fraction of sp³-hybridized carbons (Fsp3) is 0.615. The van der Waals surface area contributed by atoms with Gasteiger partial charge in [0.05, 0.1) is 15.8 Å². The van der Waals surface area contributed by atoms with Crippen molar-refractivity contribution in [2.24, 2.45) is 5.92 Å². The highest BCUT2D eigenvalue weighted by Crippen LogP contribution is 2.24. The number of carbonyl (C=O) groups is 2. The van der Waals surface area contributed by atoms with Crippen LogP contribution in [-0.2, 0) is 17.8 Å². The Bertz CT molecular complexity index is 514. The van der Waals surface area contributed by atoms with E-state index < -0.39 is 11.9 Å². The van der Waals surface area contributed by atoms with Gasteiger partial charge in [0.2, 0.25) is 0 Å². The maximum atomic E-state index is 11.2. The maximum absolute atomic E-state index is 11.2. The van der Waals surface area contributed by atoms with Crippen LogP contribution in [0.5, 0.6) is 0 Å². The Hall–Kier alpha value is -1.47. The molecule has 1 saturated heterocycles. The quantitative estimate of drug-likeness (QED) is 0.860. The number of thiazole rings is 1. The molecule has 1 atom stereocenters. The zero-order chi connectivity index (χ0) is 14.7. The van der Waals surface area contributed by atoms with Crippen molar-refractivity contribution >= 4 is 23.3 Å². The van der Waals surface area contributed by atoms with E-state index in [1.54, 1.807) is 0 Å². The number of hydrogen-bond donors (Lipinski definition) is 2. The summed E-state index contributed by atoms with van der Waals surface area (Å²) in [5.41, 5.74) is 0.115. The van der Waals surface area contributed by atoms with Gasteiger partial charge in [-0.05, 0) is 25.8 Å². The van der Waals surface area contributed by atoms with Crippen LogP contribution < -0.4 is 0 Å². The number of carboxylic acid groups (broad SMARTS) is 2. The standard InChI is InChI=1S/C13H18N2O4S/c1-2-10-14-11(13(18)19)9(20-10)7-15-5-3-4-8(6-15)12(16)17/h8H,2-7H2,1H3,(H,16,17)(H,18,19). The minimum absolute atomic E-state index is 0.115. The van der Waals surface area contributed by atoms with E-state index in [4.69, 9.17) is 5.11 Å². The minimum Gasteiger partial charge on any atom is -0.481 e. The second kappa shape index (κ2) is 6.32. The number of nitrogens with zero attached hydrogens (tertiary/aromatic N) is 2. The lowest BCUT2D eigenvalue weighted by Gasteiger charge is -2.30. The predicted molar refractivity (Wildman–Crippen MR) is 74.1 cm³/mol. The summed E-state index contributed by atoms with van der Waals surface area (Å²) in [5.74, 6) is -2.13. The SMILES string of the molecule is CCc1nc(C(=O)O)c(CN2CCCC(C(=O)O)C2)s1. The highest BCUT2D eigenvalue weighted by Gasteiger charge is 2.27. The zero-order valence-electron chi connectivity index (χ0n) is 11.3. The van der Waals surface area contributed by atoms with Gasteiger partial charge in [0.1, 0.15) is 0 Å². The average Bonchev–Trinajstić information content (AvgIpc) is 2.82. The molecule has 0 bridgehead atoms. The lowest BCUT2D eigenvalue weighted by molar-refractivity contribution is -0.143. The second-order valence-corrected chi connectivity index (χ2v) is 6.12. The molecule has 0 spiro atoms. The maximum Gasteiger partial charge on any atom is 0.355 e. The van der Waals surface area contributed by atoms with Crippen LogP contribution in [0.3, 0.4) is 0 Å². The number of carboxylic acids is 2.